The van der Waals surface area contributed by atoms with Crippen LogP contribution in [-0.2, 0) is 9.59 Å². The first-order valence-corrected chi connectivity index (χ1v) is 8.67. The van der Waals surface area contributed by atoms with E-state index in [1.807, 2.05) is 12.1 Å². The Morgan fingerprint density at radius 2 is 1.92 bits per heavy atom. The predicted octanol–water partition coefficient (Wildman–Crippen LogP) is 2.41. The van der Waals surface area contributed by atoms with E-state index in [4.69, 9.17) is 4.74 Å². The Balaban J connectivity index is 2.59. The van der Waals surface area contributed by atoms with E-state index in [0.717, 1.165) is 5.75 Å². The lowest BCUT2D eigenvalue weighted by Crippen LogP contribution is -2.45. The number of nitrogens with zero attached hydrogens (tertiary/aromatic N) is 1. The van der Waals surface area contributed by atoms with Crippen molar-refractivity contribution in [1.29, 1.82) is 0 Å². The van der Waals surface area contributed by atoms with E-state index in [1.54, 1.807) is 11.8 Å². The summed E-state index contributed by atoms with van der Waals surface area (Å²) < 4.78 is 5.79. The van der Waals surface area contributed by atoms with Crippen LogP contribution in [0.25, 0.3) is 0 Å². The zero-order chi connectivity index (χ0) is 19.0. The monoisotopic (exact) mass is 350 g/mol. The van der Waals surface area contributed by atoms with Crippen LogP contribution < -0.4 is 10.1 Å². The molecule has 1 aromatic carbocycles. The molecule has 0 bridgehead atoms. The Morgan fingerprint density at radius 3 is 2.44 bits per heavy atom. The lowest BCUT2D eigenvalue weighted by atomic mass is 9.98. The van der Waals surface area contributed by atoms with Gasteiger partial charge in [0.15, 0.2) is 0 Å². The van der Waals surface area contributed by atoms with E-state index >= 15 is 0 Å². The van der Waals surface area contributed by atoms with E-state index < -0.39 is 12.0 Å². The number of carbonyl (C=O) groups excluding carboxylic acids is 1. The number of aryl methyl sites for hydroxylation is 1. The molecule has 1 unspecified atom stereocenters. The van der Waals surface area contributed by atoms with Crippen LogP contribution >= 0.6 is 0 Å². The third kappa shape index (κ3) is 7.13. The molecule has 0 fully saturated rings. The van der Waals surface area contributed by atoms with Crippen LogP contribution in [0, 0.1) is 6.92 Å². The number of carboxylic acid groups (broad SMARTS) is 1. The summed E-state index contributed by atoms with van der Waals surface area (Å²) in [4.78, 5) is 24.0. The van der Waals surface area contributed by atoms with Crippen LogP contribution in [-0.4, -0.2) is 54.2 Å². The molecule has 0 heterocycles. The average Bonchev–Trinajstić information content (AvgIpc) is 2.52. The van der Waals surface area contributed by atoms with Crippen molar-refractivity contribution in [1.82, 2.24) is 10.2 Å². The van der Waals surface area contributed by atoms with Gasteiger partial charge in [0.05, 0.1) is 0 Å². The molecule has 0 aromatic heterocycles. The number of amides is 1. The molecule has 0 saturated heterocycles. The maximum absolute atomic E-state index is 11.2. The van der Waals surface area contributed by atoms with Crippen LogP contribution in [0.1, 0.15) is 44.7 Å². The molecule has 6 nitrogen and oxygen atoms in total. The lowest BCUT2D eigenvalue weighted by Gasteiger charge is -2.26. The van der Waals surface area contributed by atoms with Gasteiger partial charge in [-0.2, -0.15) is 0 Å². The minimum absolute atomic E-state index is 0.125. The number of hydrogen-bond donors (Lipinski definition) is 2. The van der Waals surface area contributed by atoms with Crippen LogP contribution in [0.4, 0.5) is 0 Å². The van der Waals surface area contributed by atoms with Gasteiger partial charge in [0.25, 0.3) is 0 Å². The van der Waals surface area contributed by atoms with Crippen molar-refractivity contribution in [2.45, 2.75) is 46.6 Å². The third-order valence-corrected chi connectivity index (χ3v) is 4.19. The summed E-state index contributed by atoms with van der Waals surface area (Å²) in [5.74, 6) is 0.237. The van der Waals surface area contributed by atoms with Crippen molar-refractivity contribution in [3.05, 3.63) is 29.3 Å². The number of carboxylic acids is 1. The second-order valence-corrected chi connectivity index (χ2v) is 6.55. The molecule has 0 spiro atoms. The van der Waals surface area contributed by atoms with Gasteiger partial charge in [-0.3, -0.25) is 14.5 Å². The summed E-state index contributed by atoms with van der Waals surface area (Å²) in [6, 6.07) is 5.40. The minimum Gasteiger partial charge on any atom is -0.492 e. The van der Waals surface area contributed by atoms with Crippen molar-refractivity contribution in [2.24, 2.45) is 0 Å². The van der Waals surface area contributed by atoms with Gasteiger partial charge >= 0.3 is 5.97 Å². The van der Waals surface area contributed by atoms with Crippen molar-refractivity contribution in [3.8, 4) is 5.75 Å². The summed E-state index contributed by atoms with van der Waals surface area (Å²) in [5, 5.41) is 11.9. The topological polar surface area (TPSA) is 78.9 Å². The van der Waals surface area contributed by atoms with Crippen LogP contribution in [0.5, 0.6) is 5.75 Å². The molecule has 0 radical (unpaired) electrons. The zero-order valence-corrected chi connectivity index (χ0v) is 15.8. The molecule has 25 heavy (non-hydrogen) atoms. The smallest absolute Gasteiger partial charge is 0.320 e. The number of aliphatic carboxylic acids is 1. The molecule has 6 heteroatoms. The molecule has 0 saturated carbocycles. The van der Waals surface area contributed by atoms with Gasteiger partial charge in [-0.1, -0.05) is 19.9 Å². The number of hydrogen-bond acceptors (Lipinski definition) is 4. The number of rotatable bonds is 10. The molecular weight excluding hydrogens is 320 g/mol. The minimum atomic E-state index is -0.889. The van der Waals surface area contributed by atoms with Crippen LogP contribution in [0.15, 0.2) is 18.2 Å². The summed E-state index contributed by atoms with van der Waals surface area (Å²) in [5.41, 5.74) is 2.48. The summed E-state index contributed by atoms with van der Waals surface area (Å²) in [7, 11) is 0. The Bertz CT molecular complexity index is 587. The fraction of sp³-hybridized carbons (Fsp3) is 0.579. The SMILES string of the molecule is CC(=O)NCCN(CCOc1ccc(C(C)C)c(C)c1)C(C)C(=O)O. The number of benzene rings is 1. The van der Waals surface area contributed by atoms with E-state index in [9.17, 15) is 14.7 Å². The molecular formula is C19H30N2O4. The molecule has 0 aliphatic rings. The third-order valence-electron chi connectivity index (χ3n) is 4.19. The van der Waals surface area contributed by atoms with E-state index in [2.05, 4.69) is 32.2 Å². The number of ether oxygens (including phenoxy) is 1. The first kappa shape index (κ1) is 21.0. The Morgan fingerprint density at radius 1 is 1.24 bits per heavy atom. The Labute approximate surface area is 150 Å². The molecule has 2 N–H and O–H groups in total. The first-order chi connectivity index (χ1) is 11.7. The molecule has 1 aromatic rings. The van der Waals surface area contributed by atoms with Crippen LogP contribution in [0.2, 0.25) is 0 Å². The molecule has 140 valence electrons. The maximum Gasteiger partial charge on any atom is 0.320 e. The Hall–Kier alpha value is -2.08. The largest absolute Gasteiger partial charge is 0.492 e. The summed E-state index contributed by atoms with van der Waals surface area (Å²) >= 11 is 0. The molecule has 1 amide bonds. The zero-order valence-electron chi connectivity index (χ0n) is 15.8. The molecule has 0 aliphatic heterocycles. The standard InChI is InChI=1S/C19H30N2O4/c1-13(2)18-7-6-17(12-14(18)3)25-11-10-21(15(4)19(23)24)9-8-20-16(5)22/h6-7,12-13,15H,8-11H2,1-5H3,(H,20,22)(H,23,24). The number of carbonyl (C=O) groups is 2. The van der Waals surface area contributed by atoms with Crippen molar-refractivity contribution < 1.29 is 19.4 Å². The highest BCUT2D eigenvalue weighted by molar-refractivity contribution is 5.73. The highest BCUT2D eigenvalue weighted by Gasteiger charge is 2.20. The van der Waals surface area contributed by atoms with Gasteiger partial charge in [-0.25, -0.2) is 0 Å². The molecule has 0 aliphatic carbocycles. The fourth-order valence-corrected chi connectivity index (χ4v) is 2.70. The van der Waals surface area contributed by atoms with Gasteiger partial charge < -0.3 is 15.2 Å². The lowest BCUT2D eigenvalue weighted by molar-refractivity contribution is -0.142. The van der Waals surface area contributed by atoms with E-state index in [-0.39, 0.29) is 5.91 Å². The van der Waals surface area contributed by atoms with E-state index in [1.165, 1.54) is 18.1 Å². The van der Waals surface area contributed by atoms with Gasteiger partial charge in [0.1, 0.15) is 18.4 Å². The van der Waals surface area contributed by atoms with E-state index in [0.29, 0.717) is 32.2 Å². The first-order valence-electron chi connectivity index (χ1n) is 8.67. The van der Waals surface area contributed by atoms with Crippen molar-refractivity contribution >= 4 is 11.9 Å². The molecule has 1 rings (SSSR count). The van der Waals surface area contributed by atoms with Gasteiger partial charge in [-0.05, 0) is 43.0 Å². The van der Waals surface area contributed by atoms with Crippen molar-refractivity contribution in [2.75, 3.05) is 26.2 Å². The highest BCUT2D eigenvalue weighted by Crippen LogP contribution is 2.23. The number of nitrogens with one attached hydrogen (secondary N) is 1. The van der Waals surface area contributed by atoms with Crippen molar-refractivity contribution in [3.63, 3.8) is 0 Å². The fourth-order valence-electron chi connectivity index (χ4n) is 2.70. The quantitative estimate of drug-likeness (QED) is 0.677. The second-order valence-electron chi connectivity index (χ2n) is 6.55. The summed E-state index contributed by atoms with van der Waals surface area (Å²) in [6.07, 6.45) is 0. The van der Waals surface area contributed by atoms with Gasteiger partial charge in [0.2, 0.25) is 5.91 Å². The summed E-state index contributed by atoms with van der Waals surface area (Å²) in [6.45, 7) is 11.2. The van der Waals surface area contributed by atoms with Gasteiger partial charge in [0, 0.05) is 26.6 Å². The van der Waals surface area contributed by atoms with Crippen LogP contribution in [0.3, 0.4) is 0 Å². The molecule has 1 atom stereocenters. The highest BCUT2D eigenvalue weighted by atomic mass is 16.5. The Kier molecular flexibility index (Phi) is 8.41. The average molecular weight is 350 g/mol. The normalized spacial score (nSPS) is 12.3. The van der Waals surface area contributed by atoms with Gasteiger partial charge in [-0.15, -0.1) is 0 Å². The maximum atomic E-state index is 11.2. The second kappa shape index (κ2) is 10.0. The predicted molar refractivity (Wildman–Crippen MR) is 98.1 cm³/mol.